The molecule has 3 rings (SSSR count). The van der Waals surface area contributed by atoms with Crippen molar-refractivity contribution in [1.82, 2.24) is 14.6 Å². The van der Waals surface area contributed by atoms with Gasteiger partial charge in [-0.3, -0.25) is 4.79 Å². The summed E-state index contributed by atoms with van der Waals surface area (Å²) >= 11 is 0. The van der Waals surface area contributed by atoms with E-state index in [1.807, 2.05) is 0 Å². The number of carbonyl (C=O) groups is 1. The molecule has 0 bridgehead atoms. The molecule has 0 fully saturated rings. The van der Waals surface area contributed by atoms with Gasteiger partial charge in [-0.25, -0.2) is 13.9 Å². The maximum Gasteiger partial charge on any atom is 0.166 e. The molecule has 0 radical (unpaired) electrons. The van der Waals surface area contributed by atoms with Crippen LogP contribution in [0.1, 0.15) is 10.4 Å². The number of hydrogen-bond donors (Lipinski definition) is 0. The normalized spacial score (nSPS) is 10.7. The molecule has 0 atom stereocenters. The summed E-state index contributed by atoms with van der Waals surface area (Å²) < 4.78 is 15.1. The fraction of sp³-hybridized carbons (Fsp3) is 0. The van der Waals surface area contributed by atoms with E-state index in [1.54, 1.807) is 30.5 Å². The van der Waals surface area contributed by atoms with Crippen molar-refractivity contribution < 1.29 is 9.18 Å². The molecule has 0 saturated carbocycles. The van der Waals surface area contributed by atoms with E-state index in [4.69, 9.17) is 0 Å². The summed E-state index contributed by atoms with van der Waals surface area (Å²) in [4.78, 5) is 15.1. The first-order valence-electron chi connectivity index (χ1n) is 5.34. The van der Waals surface area contributed by atoms with Gasteiger partial charge < -0.3 is 0 Å². The third-order valence-corrected chi connectivity index (χ3v) is 2.67. The van der Waals surface area contributed by atoms with E-state index in [0.717, 1.165) is 0 Å². The molecular formula is C13H8FN3O. The standard InChI is InChI=1S/C13H8FN3O/c14-11-4-2-1-3-10(11)12-5-6-17-13(16-12)9(8-18)7-15-17/h1-8H. The van der Waals surface area contributed by atoms with Gasteiger partial charge in [0.25, 0.3) is 0 Å². The Morgan fingerprint density at radius 2 is 2.06 bits per heavy atom. The molecule has 5 heteroatoms. The Kier molecular flexibility index (Phi) is 2.37. The Hall–Kier alpha value is -2.56. The van der Waals surface area contributed by atoms with Crippen LogP contribution in [0.25, 0.3) is 16.9 Å². The first kappa shape index (κ1) is 10.6. The van der Waals surface area contributed by atoms with Gasteiger partial charge in [0.2, 0.25) is 0 Å². The Balaban J connectivity index is 2.24. The van der Waals surface area contributed by atoms with E-state index in [2.05, 4.69) is 10.1 Å². The summed E-state index contributed by atoms with van der Waals surface area (Å²) in [6, 6.07) is 8.03. The summed E-state index contributed by atoms with van der Waals surface area (Å²) in [5.41, 5.74) is 1.68. The molecule has 2 heterocycles. The quantitative estimate of drug-likeness (QED) is 0.647. The summed E-state index contributed by atoms with van der Waals surface area (Å²) in [7, 11) is 0. The number of aromatic nitrogens is 3. The molecule has 0 unspecified atom stereocenters. The minimum absolute atomic E-state index is 0.346. The smallest absolute Gasteiger partial charge is 0.166 e. The molecule has 0 amide bonds. The fourth-order valence-corrected chi connectivity index (χ4v) is 1.79. The third-order valence-electron chi connectivity index (χ3n) is 2.67. The van der Waals surface area contributed by atoms with E-state index in [0.29, 0.717) is 28.8 Å². The lowest BCUT2D eigenvalue weighted by Gasteiger charge is -2.02. The van der Waals surface area contributed by atoms with E-state index in [9.17, 15) is 9.18 Å². The third kappa shape index (κ3) is 1.57. The van der Waals surface area contributed by atoms with Gasteiger partial charge in [0.1, 0.15) is 5.82 Å². The minimum atomic E-state index is -0.346. The molecule has 18 heavy (non-hydrogen) atoms. The van der Waals surface area contributed by atoms with Crippen LogP contribution >= 0.6 is 0 Å². The van der Waals surface area contributed by atoms with Crippen LogP contribution < -0.4 is 0 Å². The topological polar surface area (TPSA) is 47.3 Å². The molecule has 88 valence electrons. The van der Waals surface area contributed by atoms with E-state index in [1.165, 1.54) is 16.8 Å². The van der Waals surface area contributed by atoms with Crippen molar-refractivity contribution in [3.05, 3.63) is 54.1 Å². The maximum atomic E-state index is 13.7. The molecule has 0 saturated heterocycles. The number of nitrogens with zero attached hydrogens (tertiary/aromatic N) is 3. The van der Waals surface area contributed by atoms with Crippen LogP contribution in [0.2, 0.25) is 0 Å². The number of carbonyl (C=O) groups excluding carboxylic acids is 1. The monoisotopic (exact) mass is 241 g/mol. The van der Waals surface area contributed by atoms with E-state index in [-0.39, 0.29) is 5.82 Å². The van der Waals surface area contributed by atoms with Crippen molar-refractivity contribution >= 4 is 11.9 Å². The fourth-order valence-electron chi connectivity index (χ4n) is 1.79. The van der Waals surface area contributed by atoms with E-state index >= 15 is 0 Å². The molecular weight excluding hydrogens is 233 g/mol. The van der Waals surface area contributed by atoms with E-state index < -0.39 is 0 Å². The van der Waals surface area contributed by atoms with Crippen LogP contribution in [-0.2, 0) is 0 Å². The van der Waals surface area contributed by atoms with Crippen LogP contribution in [0, 0.1) is 5.82 Å². The van der Waals surface area contributed by atoms with Crippen LogP contribution in [-0.4, -0.2) is 20.9 Å². The van der Waals surface area contributed by atoms with Crippen LogP contribution in [0.5, 0.6) is 0 Å². The maximum absolute atomic E-state index is 13.7. The second-order valence-corrected chi connectivity index (χ2v) is 3.78. The highest BCUT2D eigenvalue weighted by atomic mass is 19.1. The molecule has 0 aliphatic heterocycles. The van der Waals surface area contributed by atoms with Gasteiger partial charge in [0.05, 0.1) is 17.5 Å². The summed E-state index contributed by atoms with van der Waals surface area (Å²) in [5.74, 6) is -0.346. The number of benzene rings is 1. The molecule has 3 aromatic rings. The predicted molar refractivity (Wildman–Crippen MR) is 63.8 cm³/mol. The highest BCUT2D eigenvalue weighted by molar-refractivity contribution is 5.84. The van der Waals surface area contributed by atoms with Gasteiger partial charge in [-0.1, -0.05) is 12.1 Å². The Labute approximate surface area is 102 Å². The van der Waals surface area contributed by atoms with Crippen molar-refractivity contribution in [2.45, 2.75) is 0 Å². The van der Waals surface area contributed by atoms with Crippen LogP contribution in [0.4, 0.5) is 4.39 Å². The number of rotatable bonds is 2. The summed E-state index contributed by atoms with van der Waals surface area (Å²) in [6.45, 7) is 0. The first-order chi connectivity index (χ1) is 8.79. The van der Waals surface area contributed by atoms with Crippen LogP contribution in [0.3, 0.4) is 0 Å². The van der Waals surface area contributed by atoms with Crippen molar-refractivity contribution in [2.24, 2.45) is 0 Å². The Morgan fingerprint density at radius 1 is 1.22 bits per heavy atom. The van der Waals surface area contributed by atoms with Crippen molar-refractivity contribution in [3.8, 4) is 11.3 Å². The Morgan fingerprint density at radius 3 is 2.83 bits per heavy atom. The summed E-state index contributed by atoms with van der Waals surface area (Å²) in [6.07, 6.45) is 3.76. The zero-order valence-corrected chi connectivity index (χ0v) is 9.25. The number of aldehydes is 1. The molecule has 2 aromatic heterocycles. The minimum Gasteiger partial charge on any atom is -0.298 e. The van der Waals surface area contributed by atoms with Crippen molar-refractivity contribution in [3.63, 3.8) is 0 Å². The highest BCUT2D eigenvalue weighted by Crippen LogP contribution is 2.21. The first-order valence-corrected chi connectivity index (χ1v) is 5.34. The van der Waals surface area contributed by atoms with Crippen LogP contribution in [0.15, 0.2) is 42.7 Å². The zero-order valence-electron chi connectivity index (χ0n) is 9.25. The second-order valence-electron chi connectivity index (χ2n) is 3.78. The van der Waals surface area contributed by atoms with Gasteiger partial charge in [-0.15, -0.1) is 0 Å². The van der Waals surface area contributed by atoms with Crippen molar-refractivity contribution in [1.29, 1.82) is 0 Å². The lowest BCUT2D eigenvalue weighted by Crippen LogP contribution is -1.94. The number of halogens is 1. The number of hydrogen-bond acceptors (Lipinski definition) is 3. The SMILES string of the molecule is O=Cc1cnn2ccc(-c3ccccc3F)nc12. The number of fused-ring (bicyclic) bond motifs is 1. The Bertz CT molecular complexity index is 736. The highest BCUT2D eigenvalue weighted by Gasteiger charge is 2.09. The molecule has 0 N–H and O–H groups in total. The van der Waals surface area contributed by atoms with Gasteiger partial charge >= 0.3 is 0 Å². The van der Waals surface area contributed by atoms with Gasteiger partial charge in [-0.05, 0) is 18.2 Å². The molecule has 0 aliphatic carbocycles. The molecule has 0 spiro atoms. The largest absolute Gasteiger partial charge is 0.298 e. The zero-order chi connectivity index (χ0) is 12.5. The average Bonchev–Trinajstić information content (AvgIpc) is 2.81. The molecule has 0 aliphatic rings. The summed E-state index contributed by atoms with van der Waals surface area (Å²) in [5, 5.41) is 3.98. The van der Waals surface area contributed by atoms with Gasteiger partial charge in [-0.2, -0.15) is 5.10 Å². The van der Waals surface area contributed by atoms with Gasteiger partial charge in [0.15, 0.2) is 11.9 Å². The lowest BCUT2D eigenvalue weighted by molar-refractivity contribution is 0.112. The second kappa shape index (κ2) is 4.03. The van der Waals surface area contributed by atoms with Crippen molar-refractivity contribution in [2.75, 3.05) is 0 Å². The predicted octanol–water partition coefficient (Wildman–Crippen LogP) is 2.35. The molecule has 4 nitrogen and oxygen atoms in total. The molecule has 1 aromatic carbocycles. The average molecular weight is 241 g/mol. The van der Waals surface area contributed by atoms with Gasteiger partial charge in [0, 0.05) is 11.8 Å². The lowest BCUT2D eigenvalue weighted by atomic mass is 10.1.